The Labute approximate surface area is 242 Å². The third kappa shape index (κ3) is 8.63. The van der Waals surface area contributed by atoms with Crippen LogP contribution in [0.1, 0.15) is 61.5 Å². The lowest BCUT2D eigenvalue weighted by molar-refractivity contribution is -0.163. The fraction of sp³-hybridized carbons (Fsp3) is 0.394. The lowest BCUT2D eigenvalue weighted by atomic mass is 9.79. The molecule has 8 nitrogen and oxygen atoms in total. The van der Waals surface area contributed by atoms with Crippen LogP contribution in [0.5, 0.6) is 11.5 Å². The number of rotatable bonds is 12. The molecule has 0 saturated carbocycles. The van der Waals surface area contributed by atoms with Crippen molar-refractivity contribution in [3.63, 3.8) is 0 Å². The highest BCUT2D eigenvalue weighted by Gasteiger charge is 2.39. The lowest BCUT2D eigenvalue weighted by Gasteiger charge is -2.33. The molecule has 0 fully saturated rings. The van der Waals surface area contributed by atoms with Gasteiger partial charge in [-0.3, -0.25) is 9.59 Å². The number of Topliss-reactive ketones (excluding diaryl/α,β-unsaturated/α-hetero) is 1. The standard InChI is InChI=1S/C33H42N2O6/c1-20-16-24(36)17-21(2)31(20)40-19-27(38)28(30(35)23-14-10-7-11-15-23)26(37)18-25(32(39)41-33(3,4)5)29(34)22-12-8-6-9-13-22/h6-17,25-26,28-30,36-37H,18-19,34-35H2,1-5H3/t25-,26-,28-,29?,30?/m0/s1. The van der Waals surface area contributed by atoms with E-state index in [2.05, 4.69) is 0 Å². The third-order valence-corrected chi connectivity index (χ3v) is 6.98. The summed E-state index contributed by atoms with van der Waals surface area (Å²) >= 11 is 0. The van der Waals surface area contributed by atoms with Crippen LogP contribution in [0.15, 0.2) is 72.8 Å². The predicted molar refractivity (Wildman–Crippen MR) is 158 cm³/mol. The molecule has 3 aromatic carbocycles. The van der Waals surface area contributed by atoms with Crippen molar-refractivity contribution in [2.75, 3.05) is 6.61 Å². The number of ether oxygens (including phenoxy) is 2. The van der Waals surface area contributed by atoms with Gasteiger partial charge in [-0.1, -0.05) is 60.7 Å². The van der Waals surface area contributed by atoms with Gasteiger partial charge in [0.2, 0.25) is 0 Å². The number of carbonyl (C=O) groups excluding carboxylic acids is 2. The third-order valence-electron chi connectivity index (χ3n) is 6.98. The second-order valence-corrected chi connectivity index (χ2v) is 11.5. The zero-order chi connectivity index (χ0) is 30.3. The highest BCUT2D eigenvalue weighted by atomic mass is 16.6. The number of esters is 1. The molecule has 0 aromatic heterocycles. The molecule has 0 heterocycles. The zero-order valence-electron chi connectivity index (χ0n) is 24.4. The monoisotopic (exact) mass is 562 g/mol. The van der Waals surface area contributed by atoms with E-state index in [9.17, 15) is 19.8 Å². The number of aromatic hydroxyl groups is 1. The van der Waals surface area contributed by atoms with E-state index in [0.29, 0.717) is 28.0 Å². The van der Waals surface area contributed by atoms with Gasteiger partial charge in [-0.15, -0.1) is 0 Å². The largest absolute Gasteiger partial charge is 0.508 e. The summed E-state index contributed by atoms with van der Waals surface area (Å²) in [5.74, 6) is -2.50. The van der Waals surface area contributed by atoms with Gasteiger partial charge in [-0.05, 0) is 75.4 Å². The Balaban J connectivity index is 1.93. The maximum absolute atomic E-state index is 13.7. The van der Waals surface area contributed by atoms with Crippen LogP contribution in [0, 0.1) is 25.7 Å². The smallest absolute Gasteiger partial charge is 0.311 e. The first-order valence-electron chi connectivity index (χ1n) is 13.8. The van der Waals surface area contributed by atoms with Crippen LogP contribution in [0.2, 0.25) is 0 Å². The van der Waals surface area contributed by atoms with Crippen molar-refractivity contribution in [3.8, 4) is 11.5 Å². The summed E-state index contributed by atoms with van der Waals surface area (Å²) in [4.78, 5) is 27.1. The van der Waals surface area contributed by atoms with E-state index in [1.807, 2.05) is 36.4 Å². The highest BCUT2D eigenvalue weighted by molar-refractivity contribution is 5.84. The number of aliphatic hydroxyl groups is 1. The van der Waals surface area contributed by atoms with Crippen molar-refractivity contribution in [2.24, 2.45) is 23.3 Å². The summed E-state index contributed by atoms with van der Waals surface area (Å²) in [6.07, 6.45) is -1.49. The van der Waals surface area contributed by atoms with E-state index in [1.165, 1.54) is 0 Å². The van der Waals surface area contributed by atoms with E-state index >= 15 is 0 Å². The van der Waals surface area contributed by atoms with Crippen LogP contribution in [0.25, 0.3) is 0 Å². The summed E-state index contributed by atoms with van der Waals surface area (Å²) in [5, 5.41) is 21.5. The maximum Gasteiger partial charge on any atom is 0.311 e. The number of aliphatic hydroxyl groups excluding tert-OH is 1. The molecular formula is C33H42N2O6. The molecule has 0 radical (unpaired) electrons. The molecule has 2 unspecified atom stereocenters. The van der Waals surface area contributed by atoms with Gasteiger partial charge in [-0.2, -0.15) is 0 Å². The van der Waals surface area contributed by atoms with Gasteiger partial charge in [0.25, 0.3) is 0 Å². The summed E-state index contributed by atoms with van der Waals surface area (Å²) in [7, 11) is 0. The molecule has 3 rings (SSSR count). The molecule has 0 amide bonds. The molecule has 0 aliphatic heterocycles. The number of ketones is 1. The first-order valence-corrected chi connectivity index (χ1v) is 13.8. The fourth-order valence-electron chi connectivity index (χ4n) is 5.01. The molecule has 0 aliphatic rings. The molecule has 0 aliphatic carbocycles. The topological polar surface area (TPSA) is 145 Å². The number of nitrogens with two attached hydrogens (primary N) is 2. The number of carbonyl (C=O) groups is 2. The minimum Gasteiger partial charge on any atom is -0.508 e. The molecule has 6 N–H and O–H groups in total. The molecule has 0 saturated heterocycles. The van der Waals surface area contributed by atoms with Crippen molar-refractivity contribution in [1.82, 2.24) is 0 Å². The summed E-state index contributed by atoms with van der Waals surface area (Å²) in [5.41, 5.74) is 15.1. The molecule has 0 spiro atoms. The number of hydrogen-bond donors (Lipinski definition) is 4. The van der Waals surface area contributed by atoms with Gasteiger partial charge < -0.3 is 31.2 Å². The number of phenols is 1. The number of aryl methyl sites for hydroxylation is 2. The van der Waals surface area contributed by atoms with Gasteiger partial charge in [0.1, 0.15) is 23.7 Å². The van der Waals surface area contributed by atoms with Crippen LogP contribution < -0.4 is 16.2 Å². The molecule has 0 bridgehead atoms. The Morgan fingerprint density at radius 3 is 1.83 bits per heavy atom. The van der Waals surface area contributed by atoms with Gasteiger partial charge in [0.15, 0.2) is 5.78 Å². The highest BCUT2D eigenvalue weighted by Crippen LogP contribution is 2.33. The van der Waals surface area contributed by atoms with Crippen LogP contribution in [0.4, 0.5) is 0 Å². The molecule has 3 aromatic rings. The van der Waals surface area contributed by atoms with Crippen molar-refractivity contribution in [2.45, 2.75) is 64.8 Å². The van der Waals surface area contributed by atoms with E-state index in [4.69, 9.17) is 20.9 Å². The van der Waals surface area contributed by atoms with E-state index < -0.39 is 47.4 Å². The van der Waals surface area contributed by atoms with Gasteiger partial charge >= 0.3 is 5.97 Å². The Kier molecular flexibility index (Phi) is 10.7. The Morgan fingerprint density at radius 1 is 0.854 bits per heavy atom. The van der Waals surface area contributed by atoms with Crippen LogP contribution in [-0.4, -0.2) is 40.3 Å². The molecule has 220 valence electrons. The van der Waals surface area contributed by atoms with Crippen molar-refractivity contribution in [1.29, 1.82) is 0 Å². The first-order chi connectivity index (χ1) is 19.3. The van der Waals surface area contributed by atoms with Crippen LogP contribution in [-0.2, 0) is 14.3 Å². The minimum atomic E-state index is -1.34. The van der Waals surface area contributed by atoms with Crippen molar-refractivity contribution in [3.05, 3.63) is 95.1 Å². The summed E-state index contributed by atoms with van der Waals surface area (Å²) in [6, 6.07) is 19.5. The van der Waals surface area contributed by atoms with Crippen LogP contribution >= 0.6 is 0 Å². The van der Waals surface area contributed by atoms with Crippen molar-refractivity contribution < 1.29 is 29.3 Å². The predicted octanol–water partition coefficient (Wildman–Crippen LogP) is 4.68. The second kappa shape index (κ2) is 13.8. The van der Waals surface area contributed by atoms with E-state index in [0.717, 1.165) is 0 Å². The molecule has 8 heteroatoms. The number of hydrogen-bond acceptors (Lipinski definition) is 8. The fourth-order valence-corrected chi connectivity index (χ4v) is 5.01. The van der Waals surface area contributed by atoms with Gasteiger partial charge in [0.05, 0.1) is 17.9 Å². The van der Waals surface area contributed by atoms with Gasteiger partial charge in [-0.25, -0.2) is 0 Å². The first kappa shape index (κ1) is 31.8. The average Bonchev–Trinajstić information content (AvgIpc) is 2.90. The van der Waals surface area contributed by atoms with Gasteiger partial charge in [0, 0.05) is 12.1 Å². The average molecular weight is 563 g/mol. The number of benzene rings is 3. The zero-order valence-corrected chi connectivity index (χ0v) is 24.4. The SMILES string of the molecule is Cc1cc(O)cc(C)c1OCC(=O)[C@@H](C(N)c1ccccc1)[C@@H](O)C[C@H](C(=O)OC(C)(C)C)C(N)c1ccccc1. The quantitative estimate of drug-likeness (QED) is 0.233. The van der Waals surface area contributed by atoms with Crippen molar-refractivity contribution >= 4 is 11.8 Å². The van der Waals surface area contributed by atoms with E-state index in [1.54, 1.807) is 71.0 Å². The summed E-state index contributed by atoms with van der Waals surface area (Å²) < 4.78 is 11.6. The molecular weight excluding hydrogens is 520 g/mol. The van der Waals surface area contributed by atoms with Crippen LogP contribution in [0.3, 0.4) is 0 Å². The second-order valence-electron chi connectivity index (χ2n) is 11.5. The van der Waals surface area contributed by atoms with E-state index in [-0.39, 0.29) is 18.8 Å². The Bertz CT molecular complexity index is 1280. The molecule has 41 heavy (non-hydrogen) atoms. The molecule has 5 atom stereocenters. The summed E-state index contributed by atoms with van der Waals surface area (Å²) in [6.45, 7) is 8.45. The Morgan fingerprint density at radius 2 is 1.34 bits per heavy atom. The Hall–Kier alpha value is -3.72. The lowest BCUT2D eigenvalue weighted by Crippen LogP contribution is -2.43. The number of phenolic OH excluding ortho intramolecular Hbond substituents is 1. The maximum atomic E-state index is 13.7. The normalized spacial score (nSPS) is 15.3. The minimum absolute atomic E-state index is 0.0982.